The molecule has 3 aliphatic rings. The smallest absolute Gasteiger partial charge is 0.391 e. The van der Waals surface area contributed by atoms with Crippen molar-refractivity contribution in [1.29, 1.82) is 0 Å². The standard InChI is InChI=1S/C62H78F2N9O12PS2/c1-36(38-18-20-40(21-19-38)52-37(2)66-35-87-52)67-55(78)45-30-44(74)33-73(45)59(82)53(60(3,4)5)68-49(75)17-12-24-65-50(76)31-51(77)70-26-27-72(46(34-70)57(80)71-25-13-16-41(32-71)39-14-10-9-11-15-39)58(81)54(61(6,7)8)69-56(79)48-29-42-28-43(22-23-47(42)88-48)62(63,64)86(83,84)85/h9-11,14-15,18-23,28-29,35-36,41,44-46,53-54,74H,12-13,16-17,24-27,30-34H2,1-8H3,(H,65,76)(H,67,78)(H,68,75)(H,69,79)(H2,83,84,85)/t36-,41-,44+,45-,46-,53+,54+/m0/s1. The number of likely N-dealkylation sites (tertiary alicyclic amines) is 2. The van der Waals surface area contributed by atoms with E-state index in [1.165, 1.54) is 38.2 Å². The molecule has 7 N–H and O–H groups in total. The Bertz CT molecular complexity index is 3460. The van der Waals surface area contributed by atoms with Gasteiger partial charge in [0.1, 0.15) is 30.6 Å². The van der Waals surface area contributed by atoms with Crippen LogP contribution < -0.4 is 21.3 Å². The number of fused-ring (bicyclic) bond motifs is 1. The molecule has 88 heavy (non-hydrogen) atoms. The number of hydrogen-bond acceptors (Lipinski definition) is 13. The average Bonchev–Trinajstić information content (AvgIpc) is 2.40. The number of alkyl halides is 2. The molecule has 3 aromatic carbocycles. The number of amides is 8. The summed E-state index contributed by atoms with van der Waals surface area (Å²) in [5.74, 6) is -4.56. The molecule has 7 atom stereocenters. The number of aromatic nitrogens is 1. The molecule has 0 radical (unpaired) electrons. The van der Waals surface area contributed by atoms with Crippen LogP contribution in [0.15, 0.2) is 84.4 Å². The normalized spacial score (nSPS) is 19.6. The van der Waals surface area contributed by atoms with Crippen molar-refractivity contribution in [3.63, 3.8) is 0 Å². The molecule has 0 bridgehead atoms. The van der Waals surface area contributed by atoms with Gasteiger partial charge in [-0.1, -0.05) is 102 Å². The monoisotopic (exact) mass is 1270 g/mol. The number of piperazine rings is 1. The van der Waals surface area contributed by atoms with Gasteiger partial charge in [-0.2, -0.15) is 8.78 Å². The van der Waals surface area contributed by atoms with Crippen LogP contribution in [0.25, 0.3) is 20.5 Å². The number of piperidine rings is 1. The highest BCUT2D eigenvalue weighted by atomic mass is 32.1. The first-order valence-electron chi connectivity index (χ1n) is 29.4. The maximum atomic E-state index is 15.0. The fourth-order valence-corrected chi connectivity index (χ4v) is 13.7. The topological polar surface area (TPSA) is 288 Å². The molecule has 474 valence electrons. The third-order valence-corrected chi connectivity index (χ3v) is 19.5. The Labute approximate surface area is 518 Å². The minimum Gasteiger partial charge on any atom is -0.391 e. The maximum absolute atomic E-state index is 15.0. The van der Waals surface area contributed by atoms with Gasteiger partial charge in [-0.3, -0.25) is 42.9 Å². The summed E-state index contributed by atoms with van der Waals surface area (Å²) in [4.78, 5) is 143. The predicted molar refractivity (Wildman–Crippen MR) is 329 cm³/mol. The number of carbonyl (C=O) groups is 8. The van der Waals surface area contributed by atoms with Gasteiger partial charge in [-0.25, -0.2) is 4.98 Å². The number of aliphatic hydroxyl groups is 1. The number of aryl methyl sites for hydroxylation is 1. The molecule has 26 heteroatoms. The van der Waals surface area contributed by atoms with E-state index in [-0.39, 0.29) is 68.2 Å². The van der Waals surface area contributed by atoms with Crippen molar-refractivity contribution in [2.45, 2.75) is 142 Å². The first-order valence-corrected chi connectivity index (χ1v) is 32.7. The van der Waals surface area contributed by atoms with Crippen LogP contribution in [-0.2, 0) is 43.8 Å². The number of carbonyl (C=O) groups excluding carboxylic acids is 8. The lowest BCUT2D eigenvalue weighted by Crippen LogP contribution is -2.66. The highest BCUT2D eigenvalue weighted by molar-refractivity contribution is 7.52. The Balaban J connectivity index is 0.878. The summed E-state index contributed by atoms with van der Waals surface area (Å²) in [5, 5.41) is 22.2. The molecule has 2 aromatic heterocycles. The lowest BCUT2D eigenvalue weighted by molar-refractivity contribution is -0.155. The van der Waals surface area contributed by atoms with Crippen LogP contribution in [-0.4, -0.2) is 163 Å². The maximum Gasteiger partial charge on any atom is 0.399 e. The van der Waals surface area contributed by atoms with Crippen LogP contribution >= 0.6 is 30.3 Å². The van der Waals surface area contributed by atoms with Crippen molar-refractivity contribution < 1.29 is 66.6 Å². The van der Waals surface area contributed by atoms with Gasteiger partial charge in [0.2, 0.25) is 41.4 Å². The second-order valence-corrected chi connectivity index (χ2v) is 28.7. The van der Waals surface area contributed by atoms with Gasteiger partial charge in [-0.15, -0.1) is 22.7 Å². The molecular weight excluding hydrogens is 1200 g/mol. The first kappa shape index (κ1) is 66.9. The van der Waals surface area contributed by atoms with Gasteiger partial charge in [-0.05, 0) is 84.2 Å². The van der Waals surface area contributed by atoms with Crippen LogP contribution in [0, 0.1) is 17.8 Å². The summed E-state index contributed by atoms with van der Waals surface area (Å²) in [6.45, 7) is 14.3. The Morgan fingerprint density at radius 1 is 0.773 bits per heavy atom. The summed E-state index contributed by atoms with van der Waals surface area (Å²) >= 11 is 2.45. The predicted octanol–water partition coefficient (Wildman–Crippen LogP) is 6.81. The van der Waals surface area contributed by atoms with E-state index < -0.39 is 120 Å². The molecule has 3 fully saturated rings. The lowest BCUT2D eigenvalue weighted by atomic mass is 9.85. The van der Waals surface area contributed by atoms with Crippen molar-refractivity contribution >= 4 is 87.6 Å². The highest BCUT2D eigenvalue weighted by Crippen LogP contribution is 2.59. The molecule has 3 aliphatic heterocycles. The van der Waals surface area contributed by atoms with Gasteiger partial charge in [0.05, 0.1) is 39.6 Å². The van der Waals surface area contributed by atoms with Crippen LogP contribution in [0.3, 0.4) is 0 Å². The summed E-state index contributed by atoms with van der Waals surface area (Å²) in [7, 11) is -5.88. The van der Waals surface area contributed by atoms with E-state index in [9.17, 15) is 66.6 Å². The summed E-state index contributed by atoms with van der Waals surface area (Å²) in [6.07, 6.45) is -0.107. The Hall–Kier alpha value is -7.02. The zero-order chi connectivity index (χ0) is 64.2. The molecule has 5 aromatic rings. The van der Waals surface area contributed by atoms with Crippen LogP contribution in [0.2, 0.25) is 0 Å². The minimum absolute atomic E-state index is 0.00838. The third kappa shape index (κ3) is 15.7. The second kappa shape index (κ2) is 27.4. The number of thiazole rings is 1. The lowest BCUT2D eigenvalue weighted by Gasteiger charge is -2.45. The third-order valence-electron chi connectivity index (χ3n) is 16.4. The van der Waals surface area contributed by atoms with E-state index >= 15 is 0 Å². The molecule has 5 heterocycles. The highest BCUT2D eigenvalue weighted by Gasteiger charge is 2.51. The number of thiophene rings is 1. The number of nitrogens with zero attached hydrogens (tertiary/aromatic N) is 5. The molecule has 21 nitrogen and oxygen atoms in total. The van der Waals surface area contributed by atoms with Crippen molar-refractivity contribution in [3.8, 4) is 10.4 Å². The molecule has 0 spiro atoms. The molecule has 8 amide bonds. The Kier molecular flexibility index (Phi) is 20.8. The molecule has 3 saturated heterocycles. The van der Waals surface area contributed by atoms with E-state index in [2.05, 4.69) is 26.3 Å². The van der Waals surface area contributed by atoms with E-state index in [4.69, 9.17) is 0 Å². The SMILES string of the molecule is Cc1ncsc1-c1ccc([C@H](C)NC(=O)[C@@H]2C[C@@H](O)CN2C(=O)[C@@H](NC(=O)CCCNC(=O)CC(=O)N2CCN(C(=O)[C@@H](NC(=O)c3cc4cc(C(F)(F)P(=O)(O)O)ccc4s3)C(C)(C)C)[C@H](C(=O)N3CCC[C@H](c4ccccc4)C3)C2)C(C)(C)C)cc1. The van der Waals surface area contributed by atoms with Crippen LogP contribution in [0.5, 0.6) is 0 Å². The van der Waals surface area contributed by atoms with Gasteiger partial charge in [0.15, 0.2) is 0 Å². The van der Waals surface area contributed by atoms with E-state index in [1.807, 2.05) is 68.4 Å². The number of aliphatic hydroxyl groups excluding tert-OH is 1. The molecular formula is C62H78F2N9O12PS2. The largest absolute Gasteiger partial charge is 0.399 e. The Morgan fingerprint density at radius 3 is 2.09 bits per heavy atom. The van der Waals surface area contributed by atoms with Gasteiger partial charge in [0, 0.05) is 68.3 Å². The van der Waals surface area contributed by atoms with Crippen LogP contribution in [0.4, 0.5) is 8.78 Å². The van der Waals surface area contributed by atoms with Crippen molar-refractivity contribution in [2.75, 3.05) is 45.8 Å². The fourth-order valence-electron chi connectivity index (χ4n) is 11.4. The molecule has 0 aliphatic carbocycles. The molecule has 0 unspecified atom stereocenters. The number of halogens is 2. The summed E-state index contributed by atoms with van der Waals surface area (Å²) < 4.78 is 41.3. The fraction of sp³-hybridized carbons (Fsp3) is 0.500. The van der Waals surface area contributed by atoms with Gasteiger partial charge < -0.3 is 55.8 Å². The average molecular weight is 1270 g/mol. The first-order chi connectivity index (χ1) is 41.3. The van der Waals surface area contributed by atoms with Crippen molar-refractivity contribution in [3.05, 3.63) is 112 Å². The molecule has 8 rings (SSSR count). The van der Waals surface area contributed by atoms with Crippen molar-refractivity contribution in [2.24, 2.45) is 10.8 Å². The number of rotatable bonds is 19. The quantitative estimate of drug-likeness (QED) is 0.0255. The Morgan fingerprint density at radius 2 is 1.44 bits per heavy atom. The zero-order valence-corrected chi connectivity index (χ0v) is 53.1. The number of nitrogens with one attached hydrogen (secondary N) is 4. The second-order valence-electron chi connectivity index (χ2n) is 25.2. The summed E-state index contributed by atoms with van der Waals surface area (Å²) in [5.41, 5.74) is -1.64. The van der Waals surface area contributed by atoms with E-state index in [0.717, 1.165) is 57.2 Å². The minimum atomic E-state index is -5.88. The van der Waals surface area contributed by atoms with Crippen molar-refractivity contribution in [1.82, 2.24) is 45.9 Å². The molecule has 0 saturated carbocycles. The number of hydrogen-bond donors (Lipinski definition) is 7. The number of benzene rings is 3. The van der Waals surface area contributed by atoms with Crippen LogP contribution in [0.1, 0.15) is 131 Å². The van der Waals surface area contributed by atoms with E-state index in [0.29, 0.717) is 24.2 Å². The number of β-amino-alcohol motifs (C(OH)–C–C–N with tert-alkyl or cyclic N) is 1. The zero-order valence-electron chi connectivity index (χ0n) is 50.6. The summed E-state index contributed by atoms with van der Waals surface area (Å²) in [6, 6.07) is 16.7. The van der Waals surface area contributed by atoms with E-state index in [1.54, 1.807) is 52.0 Å². The van der Waals surface area contributed by atoms with Gasteiger partial charge >= 0.3 is 13.3 Å². The van der Waals surface area contributed by atoms with Gasteiger partial charge in [0.25, 0.3) is 5.91 Å².